The molecule has 4 rings (SSSR count). The monoisotopic (exact) mass is 324 g/mol. The van der Waals surface area contributed by atoms with Gasteiger partial charge in [0.25, 0.3) is 0 Å². The minimum absolute atomic E-state index is 0.0210. The van der Waals surface area contributed by atoms with Gasteiger partial charge in [-0.1, -0.05) is 60.7 Å². The lowest BCUT2D eigenvalue weighted by Crippen LogP contribution is -2.01. The van der Waals surface area contributed by atoms with Gasteiger partial charge in [-0.25, -0.2) is 0 Å². The molecular weight excluding hydrogens is 308 g/mol. The smallest absolute Gasteiger partial charge is 0.195 e. The Morgan fingerprint density at radius 2 is 1.56 bits per heavy atom. The lowest BCUT2D eigenvalue weighted by molar-refractivity contribution is 0.103. The number of aliphatic imine (C=N–C) groups is 1. The Morgan fingerprint density at radius 3 is 2.44 bits per heavy atom. The number of aromatic amines is 1. The minimum Gasteiger partial charge on any atom is -0.361 e. The number of para-hydroxylation sites is 2. The molecule has 0 bridgehead atoms. The number of ketones is 1. The van der Waals surface area contributed by atoms with Gasteiger partial charge in [-0.2, -0.15) is 0 Å². The second-order valence-corrected chi connectivity index (χ2v) is 5.76. The summed E-state index contributed by atoms with van der Waals surface area (Å²) in [5.41, 5.74) is 4.00. The van der Waals surface area contributed by atoms with Gasteiger partial charge >= 0.3 is 0 Å². The Kier molecular flexibility index (Phi) is 3.97. The van der Waals surface area contributed by atoms with Crippen LogP contribution in [0, 0.1) is 0 Å². The molecule has 1 N–H and O–H groups in total. The molecule has 1 aromatic heterocycles. The molecule has 1 heterocycles. The van der Waals surface area contributed by atoms with Crippen LogP contribution in [0.1, 0.15) is 21.5 Å². The predicted molar refractivity (Wildman–Crippen MR) is 102 cm³/mol. The van der Waals surface area contributed by atoms with Crippen molar-refractivity contribution in [2.24, 2.45) is 4.99 Å². The number of benzene rings is 3. The van der Waals surface area contributed by atoms with Crippen molar-refractivity contribution in [3.63, 3.8) is 0 Å². The Balaban J connectivity index is 1.71. The van der Waals surface area contributed by atoms with Gasteiger partial charge in [-0.15, -0.1) is 0 Å². The average molecular weight is 324 g/mol. The fourth-order valence-electron chi connectivity index (χ4n) is 2.86. The van der Waals surface area contributed by atoms with Crippen LogP contribution in [0.15, 0.2) is 90.1 Å². The molecule has 0 aliphatic carbocycles. The summed E-state index contributed by atoms with van der Waals surface area (Å²) < 4.78 is 0. The molecule has 0 aliphatic rings. The molecule has 3 aromatic carbocycles. The highest BCUT2D eigenvalue weighted by Gasteiger charge is 2.12. The van der Waals surface area contributed by atoms with Crippen molar-refractivity contribution in [2.45, 2.75) is 0 Å². The fourth-order valence-corrected chi connectivity index (χ4v) is 2.86. The van der Waals surface area contributed by atoms with Crippen LogP contribution in [-0.2, 0) is 0 Å². The maximum absolute atomic E-state index is 12.8. The van der Waals surface area contributed by atoms with Crippen molar-refractivity contribution in [3.8, 4) is 0 Å². The highest BCUT2D eigenvalue weighted by Crippen LogP contribution is 2.23. The van der Waals surface area contributed by atoms with E-state index in [4.69, 9.17) is 0 Å². The molecule has 0 atom stereocenters. The quantitative estimate of drug-likeness (QED) is 0.409. The summed E-state index contributed by atoms with van der Waals surface area (Å²) in [5, 5.41) is 1.11. The molecular formula is C22H16N2O. The zero-order chi connectivity index (χ0) is 17.1. The summed E-state index contributed by atoms with van der Waals surface area (Å²) in [6.07, 6.45) is 3.73. The lowest BCUT2D eigenvalue weighted by atomic mass is 10.0. The summed E-state index contributed by atoms with van der Waals surface area (Å²) >= 11 is 0. The molecule has 0 spiro atoms. The van der Waals surface area contributed by atoms with E-state index in [0.29, 0.717) is 16.8 Å². The van der Waals surface area contributed by atoms with Gasteiger partial charge in [0.1, 0.15) is 0 Å². The van der Waals surface area contributed by atoms with Crippen LogP contribution in [0.3, 0.4) is 0 Å². The van der Waals surface area contributed by atoms with Crippen LogP contribution < -0.4 is 0 Å². The van der Waals surface area contributed by atoms with E-state index in [2.05, 4.69) is 9.98 Å². The predicted octanol–water partition coefficient (Wildman–Crippen LogP) is 5.15. The molecule has 120 valence electrons. The third-order valence-electron chi connectivity index (χ3n) is 4.15. The standard InChI is InChI=1S/C22H16N2O/c25-22(16-8-2-1-3-9-16)19-11-5-7-13-21(19)24-15-17-14-23-20-12-6-4-10-18(17)20/h1-15,23H. The first kappa shape index (κ1) is 15.1. The van der Waals surface area contributed by atoms with Gasteiger partial charge in [0, 0.05) is 40.0 Å². The second kappa shape index (κ2) is 6.57. The number of rotatable bonds is 4. The molecule has 0 fully saturated rings. The molecule has 25 heavy (non-hydrogen) atoms. The minimum atomic E-state index is -0.0210. The van der Waals surface area contributed by atoms with Gasteiger partial charge in [0.05, 0.1) is 5.69 Å². The number of nitrogens with one attached hydrogen (secondary N) is 1. The third-order valence-corrected chi connectivity index (χ3v) is 4.15. The number of hydrogen-bond donors (Lipinski definition) is 1. The Hall–Kier alpha value is -3.46. The lowest BCUT2D eigenvalue weighted by Gasteiger charge is -2.04. The van der Waals surface area contributed by atoms with Crippen LogP contribution in [-0.4, -0.2) is 17.0 Å². The summed E-state index contributed by atoms with van der Waals surface area (Å²) in [5.74, 6) is -0.0210. The Morgan fingerprint density at radius 1 is 0.840 bits per heavy atom. The highest BCUT2D eigenvalue weighted by molar-refractivity contribution is 6.12. The van der Waals surface area contributed by atoms with Crippen LogP contribution in [0.5, 0.6) is 0 Å². The van der Waals surface area contributed by atoms with Gasteiger partial charge in [0.15, 0.2) is 5.78 Å². The van der Waals surface area contributed by atoms with Crippen molar-refractivity contribution < 1.29 is 4.79 Å². The SMILES string of the molecule is O=C(c1ccccc1)c1ccccc1N=Cc1c[nH]c2ccccc12. The maximum atomic E-state index is 12.8. The van der Waals surface area contributed by atoms with Gasteiger partial charge in [0.2, 0.25) is 0 Å². The molecule has 0 radical (unpaired) electrons. The molecule has 4 aromatic rings. The Bertz CT molecular complexity index is 1060. The van der Waals surface area contributed by atoms with Gasteiger partial charge < -0.3 is 4.98 Å². The van der Waals surface area contributed by atoms with E-state index in [0.717, 1.165) is 16.5 Å². The summed E-state index contributed by atoms with van der Waals surface area (Å²) in [6, 6.07) is 24.8. The number of aromatic nitrogens is 1. The van der Waals surface area contributed by atoms with Crippen LogP contribution >= 0.6 is 0 Å². The van der Waals surface area contributed by atoms with E-state index in [9.17, 15) is 4.79 Å². The number of hydrogen-bond acceptors (Lipinski definition) is 2. The first-order valence-corrected chi connectivity index (χ1v) is 8.12. The number of fused-ring (bicyclic) bond motifs is 1. The van der Waals surface area contributed by atoms with Crippen molar-refractivity contribution in [1.82, 2.24) is 4.98 Å². The molecule has 0 saturated heterocycles. The first-order valence-electron chi connectivity index (χ1n) is 8.12. The molecule has 3 heteroatoms. The normalized spacial score (nSPS) is 11.2. The van der Waals surface area contributed by atoms with Gasteiger partial charge in [-0.3, -0.25) is 9.79 Å². The molecule has 0 saturated carbocycles. The summed E-state index contributed by atoms with van der Waals surface area (Å²) in [7, 11) is 0. The zero-order valence-electron chi connectivity index (χ0n) is 13.5. The molecule has 0 unspecified atom stereocenters. The summed E-state index contributed by atoms with van der Waals surface area (Å²) in [6.45, 7) is 0. The molecule has 3 nitrogen and oxygen atoms in total. The number of H-pyrrole nitrogens is 1. The second-order valence-electron chi connectivity index (χ2n) is 5.76. The maximum Gasteiger partial charge on any atom is 0.195 e. The largest absolute Gasteiger partial charge is 0.361 e. The zero-order valence-corrected chi connectivity index (χ0v) is 13.5. The average Bonchev–Trinajstić information content (AvgIpc) is 3.10. The number of carbonyl (C=O) groups excluding carboxylic acids is 1. The van der Waals surface area contributed by atoms with Crippen LogP contribution in [0.2, 0.25) is 0 Å². The number of carbonyl (C=O) groups is 1. The molecule has 0 aliphatic heterocycles. The van der Waals surface area contributed by atoms with E-state index in [1.54, 1.807) is 6.21 Å². The highest BCUT2D eigenvalue weighted by atomic mass is 16.1. The van der Waals surface area contributed by atoms with Crippen molar-refractivity contribution in [3.05, 3.63) is 102 Å². The van der Waals surface area contributed by atoms with E-state index < -0.39 is 0 Å². The number of nitrogens with zero attached hydrogens (tertiary/aromatic N) is 1. The van der Waals surface area contributed by atoms with Crippen LogP contribution in [0.25, 0.3) is 10.9 Å². The van der Waals surface area contributed by atoms with Crippen molar-refractivity contribution in [1.29, 1.82) is 0 Å². The van der Waals surface area contributed by atoms with Crippen molar-refractivity contribution in [2.75, 3.05) is 0 Å². The van der Waals surface area contributed by atoms with Crippen molar-refractivity contribution >= 4 is 28.6 Å². The fraction of sp³-hybridized carbons (Fsp3) is 0. The van der Waals surface area contributed by atoms with Crippen LogP contribution in [0.4, 0.5) is 5.69 Å². The third kappa shape index (κ3) is 3.00. The first-order chi connectivity index (χ1) is 12.3. The van der Waals surface area contributed by atoms with E-state index in [1.807, 2.05) is 85.1 Å². The topological polar surface area (TPSA) is 45.2 Å². The molecule has 0 amide bonds. The Labute approximate surface area is 145 Å². The van der Waals surface area contributed by atoms with E-state index >= 15 is 0 Å². The summed E-state index contributed by atoms with van der Waals surface area (Å²) in [4.78, 5) is 20.6. The van der Waals surface area contributed by atoms with E-state index in [-0.39, 0.29) is 5.78 Å². The van der Waals surface area contributed by atoms with Gasteiger partial charge in [-0.05, 0) is 18.2 Å². The van der Waals surface area contributed by atoms with E-state index in [1.165, 1.54) is 0 Å².